The molecule has 1 saturated heterocycles. The zero-order valence-electron chi connectivity index (χ0n) is 7.28. The normalized spacial score (nSPS) is 47.4. The number of thioether (sulfide) groups is 1. The molecule has 0 aliphatic carbocycles. The van der Waals surface area contributed by atoms with Gasteiger partial charge in [0.05, 0.1) is 6.61 Å². The van der Waals surface area contributed by atoms with Crippen molar-refractivity contribution in [3.05, 3.63) is 0 Å². The van der Waals surface area contributed by atoms with Gasteiger partial charge in [-0.15, -0.1) is 0 Å². The molecule has 14 heavy (non-hydrogen) atoms. The molecule has 80 valence electrons. The van der Waals surface area contributed by atoms with Crippen LogP contribution in [-0.2, 0) is 4.74 Å². The number of aliphatic imine (C=N–C) groups is 1. The number of nitrogens with two attached hydrogens (primary N) is 1. The second-order valence-corrected chi connectivity index (χ2v) is 4.40. The van der Waals surface area contributed by atoms with Crippen LogP contribution in [0.3, 0.4) is 0 Å². The van der Waals surface area contributed by atoms with Gasteiger partial charge in [-0.25, -0.2) is 0 Å². The van der Waals surface area contributed by atoms with E-state index < -0.39 is 29.8 Å². The van der Waals surface area contributed by atoms with Crippen LogP contribution < -0.4 is 5.73 Å². The molecule has 0 spiro atoms. The van der Waals surface area contributed by atoms with Gasteiger partial charge in [0.2, 0.25) is 0 Å². The minimum absolute atomic E-state index is 0.331. The molecule has 2 aliphatic rings. The molecular weight excluding hydrogens is 208 g/mol. The van der Waals surface area contributed by atoms with E-state index in [0.29, 0.717) is 5.17 Å². The first-order valence-corrected chi connectivity index (χ1v) is 5.14. The Morgan fingerprint density at radius 1 is 1.43 bits per heavy atom. The number of aliphatic hydroxyl groups excluding tert-OH is 3. The third-order valence-electron chi connectivity index (χ3n) is 2.36. The lowest BCUT2D eigenvalue weighted by Gasteiger charge is -2.37. The second-order valence-electron chi connectivity index (χ2n) is 3.28. The van der Waals surface area contributed by atoms with E-state index in [4.69, 9.17) is 15.6 Å². The Labute approximate surface area is 84.8 Å². The number of hydrogen-bond donors (Lipinski definition) is 4. The van der Waals surface area contributed by atoms with Crippen LogP contribution in [0.4, 0.5) is 0 Å². The summed E-state index contributed by atoms with van der Waals surface area (Å²) in [6, 6.07) is -0.530. The second kappa shape index (κ2) is 3.67. The summed E-state index contributed by atoms with van der Waals surface area (Å²) in [5.74, 6) is 0. The quantitative estimate of drug-likeness (QED) is 0.401. The monoisotopic (exact) mass is 220 g/mol. The van der Waals surface area contributed by atoms with E-state index in [2.05, 4.69) is 4.99 Å². The van der Waals surface area contributed by atoms with Gasteiger partial charge in [-0.2, -0.15) is 0 Å². The zero-order valence-corrected chi connectivity index (χ0v) is 8.09. The number of fused-ring (bicyclic) bond motifs is 1. The molecule has 5 unspecified atom stereocenters. The third kappa shape index (κ3) is 1.51. The molecule has 7 heteroatoms. The summed E-state index contributed by atoms with van der Waals surface area (Å²) in [6.07, 6.45) is -2.91. The highest BCUT2D eigenvalue weighted by Crippen LogP contribution is 2.34. The van der Waals surface area contributed by atoms with Crippen molar-refractivity contribution in [1.82, 2.24) is 0 Å². The minimum atomic E-state index is -1.11. The Balaban J connectivity index is 2.14. The summed E-state index contributed by atoms with van der Waals surface area (Å²) in [6.45, 7) is -0.331. The van der Waals surface area contributed by atoms with E-state index >= 15 is 0 Å². The Morgan fingerprint density at radius 3 is 2.79 bits per heavy atom. The van der Waals surface area contributed by atoms with Gasteiger partial charge >= 0.3 is 0 Å². The fourth-order valence-electron chi connectivity index (χ4n) is 1.60. The van der Waals surface area contributed by atoms with Gasteiger partial charge in [0.1, 0.15) is 29.8 Å². The summed E-state index contributed by atoms with van der Waals surface area (Å²) >= 11 is 1.20. The molecule has 1 fully saturated rings. The van der Waals surface area contributed by atoms with Crippen LogP contribution in [-0.4, -0.2) is 56.9 Å². The summed E-state index contributed by atoms with van der Waals surface area (Å²) in [5.41, 5.74) is 5.07. The topological polar surface area (TPSA) is 108 Å². The molecule has 5 N–H and O–H groups in total. The van der Waals surface area contributed by atoms with Crippen molar-refractivity contribution in [2.45, 2.75) is 29.8 Å². The summed E-state index contributed by atoms with van der Waals surface area (Å²) < 4.78 is 5.32. The van der Waals surface area contributed by atoms with Crippen molar-refractivity contribution >= 4 is 16.9 Å². The molecule has 2 aliphatic heterocycles. The first-order valence-electron chi connectivity index (χ1n) is 4.26. The lowest BCUT2D eigenvalue weighted by atomic mass is 9.99. The molecule has 2 heterocycles. The Bertz CT molecular complexity index is 262. The molecule has 6 nitrogen and oxygen atoms in total. The molecule has 0 aromatic carbocycles. The largest absolute Gasteiger partial charge is 0.394 e. The van der Waals surface area contributed by atoms with Crippen molar-refractivity contribution in [3.63, 3.8) is 0 Å². The third-order valence-corrected chi connectivity index (χ3v) is 3.33. The number of nitrogens with zero attached hydrogens (tertiary/aromatic N) is 1. The van der Waals surface area contributed by atoms with Crippen LogP contribution in [0.25, 0.3) is 0 Å². The van der Waals surface area contributed by atoms with Crippen LogP contribution in [0.1, 0.15) is 0 Å². The van der Waals surface area contributed by atoms with E-state index in [9.17, 15) is 10.2 Å². The molecule has 0 bridgehead atoms. The lowest BCUT2D eigenvalue weighted by molar-refractivity contribution is -0.164. The predicted molar refractivity (Wildman–Crippen MR) is 50.8 cm³/mol. The van der Waals surface area contributed by atoms with Gasteiger partial charge in [-0.3, -0.25) is 4.99 Å². The van der Waals surface area contributed by atoms with E-state index in [-0.39, 0.29) is 6.61 Å². The summed E-state index contributed by atoms with van der Waals surface area (Å²) in [5, 5.41) is 28.4. The van der Waals surface area contributed by atoms with Gasteiger partial charge in [0.15, 0.2) is 5.17 Å². The standard InChI is InChI=1S/C7H12N2O4S/c8-7-9-3-5(12)4(11)2(1-10)13-6(3)14-7/h2-6,10-12H,1H2,(H2,8,9). The number of ether oxygens (including phenoxy) is 1. The van der Waals surface area contributed by atoms with Crippen LogP contribution in [0.2, 0.25) is 0 Å². The average Bonchev–Trinajstić information content (AvgIpc) is 2.52. The van der Waals surface area contributed by atoms with Gasteiger partial charge in [0, 0.05) is 0 Å². The first-order chi connectivity index (χ1) is 6.63. The molecule has 5 atom stereocenters. The smallest absolute Gasteiger partial charge is 0.157 e. The maximum absolute atomic E-state index is 9.65. The van der Waals surface area contributed by atoms with Crippen LogP contribution in [0.15, 0.2) is 4.99 Å². The first kappa shape index (κ1) is 10.2. The van der Waals surface area contributed by atoms with Crippen LogP contribution in [0.5, 0.6) is 0 Å². The fraction of sp³-hybridized carbons (Fsp3) is 0.857. The van der Waals surface area contributed by atoms with Gasteiger partial charge in [-0.05, 0) is 0 Å². The number of amidine groups is 1. The number of hydrogen-bond acceptors (Lipinski definition) is 7. The summed E-state index contributed by atoms with van der Waals surface area (Å²) in [4.78, 5) is 3.95. The maximum Gasteiger partial charge on any atom is 0.157 e. The molecular formula is C7H12N2O4S. The van der Waals surface area contributed by atoms with Crippen LogP contribution in [0, 0.1) is 0 Å². The van der Waals surface area contributed by atoms with Crippen molar-refractivity contribution in [2.24, 2.45) is 10.7 Å². The highest BCUT2D eigenvalue weighted by Gasteiger charge is 2.47. The number of rotatable bonds is 1. The Morgan fingerprint density at radius 2 is 2.14 bits per heavy atom. The zero-order chi connectivity index (χ0) is 10.3. The van der Waals surface area contributed by atoms with E-state index in [1.165, 1.54) is 11.8 Å². The molecule has 0 aromatic heterocycles. The minimum Gasteiger partial charge on any atom is -0.394 e. The van der Waals surface area contributed by atoms with Crippen LogP contribution >= 0.6 is 11.8 Å². The average molecular weight is 220 g/mol. The van der Waals surface area contributed by atoms with E-state index in [1.807, 2.05) is 0 Å². The summed E-state index contributed by atoms with van der Waals surface area (Å²) in [7, 11) is 0. The molecule has 0 saturated carbocycles. The van der Waals surface area contributed by atoms with Gasteiger partial charge in [-0.1, -0.05) is 11.8 Å². The van der Waals surface area contributed by atoms with Crippen molar-refractivity contribution in [1.29, 1.82) is 0 Å². The van der Waals surface area contributed by atoms with Gasteiger partial charge < -0.3 is 25.8 Å². The highest BCUT2D eigenvalue weighted by atomic mass is 32.2. The Hall–Kier alpha value is -0.340. The number of aliphatic hydroxyl groups is 3. The van der Waals surface area contributed by atoms with Crippen molar-refractivity contribution < 1.29 is 20.1 Å². The maximum atomic E-state index is 9.65. The van der Waals surface area contributed by atoms with Gasteiger partial charge in [0.25, 0.3) is 0 Å². The SMILES string of the molecule is NC1=NC2C(OC(CO)C(O)C2O)S1. The Kier molecular flexibility index (Phi) is 2.67. The van der Waals surface area contributed by atoms with Crippen molar-refractivity contribution in [2.75, 3.05) is 6.61 Å². The highest BCUT2D eigenvalue weighted by molar-refractivity contribution is 8.14. The lowest BCUT2D eigenvalue weighted by Crippen LogP contribution is -2.55. The van der Waals surface area contributed by atoms with Crippen molar-refractivity contribution in [3.8, 4) is 0 Å². The molecule has 0 amide bonds. The predicted octanol–water partition coefficient (Wildman–Crippen LogP) is -2.14. The molecule has 2 rings (SSSR count). The van der Waals surface area contributed by atoms with E-state index in [0.717, 1.165) is 0 Å². The fourth-order valence-corrected chi connectivity index (χ4v) is 2.58. The molecule has 0 radical (unpaired) electrons. The molecule has 0 aromatic rings. The van der Waals surface area contributed by atoms with E-state index in [1.54, 1.807) is 0 Å².